The van der Waals surface area contributed by atoms with Crippen molar-refractivity contribution in [2.24, 2.45) is 0 Å². The first-order valence-corrected chi connectivity index (χ1v) is 11.4. The van der Waals surface area contributed by atoms with E-state index in [4.69, 9.17) is 4.74 Å². The maximum atomic E-state index is 12.6. The van der Waals surface area contributed by atoms with Gasteiger partial charge in [0.25, 0.3) is 0 Å². The van der Waals surface area contributed by atoms with Crippen molar-refractivity contribution in [1.29, 1.82) is 0 Å². The average Bonchev–Trinajstić information content (AvgIpc) is 3.19. The molecule has 0 aliphatic heterocycles. The molecule has 8 nitrogen and oxygen atoms in total. The molecule has 3 aromatic rings. The fourth-order valence-electron chi connectivity index (χ4n) is 3.16. The van der Waals surface area contributed by atoms with Crippen molar-refractivity contribution in [2.75, 3.05) is 23.5 Å². The summed E-state index contributed by atoms with van der Waals surface area (Å²) in [5.74, 6) is 1.17. The molecule has 0 aliphatic rings. The molecule has 0 atom stereocenters. The molecule has 1 heterocycles. The van der Waals surface area contributed by atoms with Gasteiger partial charge in [-0.3, -0.25) is 9.59 Å². The summed E-state index contributed by atoms with van der Waals surface area (Å²) in [7, 11) is 1.59. The minimum Gasteiger partial charge on any atom is -0.497 e. The summed E-state index contributed by atoms with van der Waals surface area (Å²) in [5, 5.41) is 14.8. The number of aromatic nitrogens is 3. The Hall–Kier alpha value is -3.33. The van der Waals surface area contributed by atoms with Crippen LogP contribution >= 0.6 is 11.8 Å². The van der Waals surface area contributed by atoms with Crippen LogP contribution in [0.4, 0.5) is 11.4 Å². The standard InChI is InChI=1S/C23H27N5O3S/c1-4-16-8-6-7-9-19(16)25-21(29)14-20-26-27-23(28(20)5-2)32-15-22(30)24-17-10-12-18(31-3)13-11-17/h6-13H,4-5,14-15H2,1-3H3,(H,24,30)(H,25,29). The van der Waals surface area contributed by atoms with Gasteiger partial charge in [-0.25, -0.2) is 0 Å². The molecule has 3 rings (SSSR count). The van der Waals surface area contributed by atoms with Gasteiger partial charge in [-0.1, -0.05) is 36.9 Å². The number of hydrogen-bond donors (Lipinski definition) is 2. The molecule has 0 radical (unpaired) electrons. The molecule has 0 fully saturated rings. The highest BCUT2D eigenvalue weighted by Crippen LogP contribution is 2.20. The highest BCUT2D eigenvalue weighted by atomic mass is 32.2. The molecule has 0 aliphatic carbocycles. The lowest BCUT2D eigenvalue weighted by atomic mass is 10.1. The zero-order chi connectivity index (χ0) is 22.9. The zero-order valence-electron chi connectivity index (χ0n) is 18.4. The average molecular weight is 454 g/mol. The predicted octanol–water partition coefficient (Wildman–Crippen LogP) is 3.78. The Kier molecular flexibility index (Phi) is 8.27. The quantitative estimate of drug-likeness (QED) is 0.454. The Morgan fingerprint density at radius 3 is 2.44 bits per heavy atom. The van der Waals surface area contributed by atoms with Crippen LogP contribution in [-0.2, 0) is 29.0 Å². The number of methoxy groups -OCH3 is 1. The third-order valence-electron chi connectivity index (χ3n) is 4.81. The topological polar surface area (TPSA) is 98.1 Å². The molecule has 0 unspecified atom stereocenters. The Balaban J connectivity index is 1.57. The third-order valence-corrected chi connectivity index (χ3v) is 5.77. The zero-order valence-corrected chi connectivity index (χ0v) is 19.2. The summed E-state index contributed by atoms with van der Waals surface area (Å²) in [6.07, 6.45) is 0.943. The van der Waals surface area contributed by atoms with Gasteiger partial charge in [0.2, 0.25) is 11.8 Å². The molecule has 0 saturated heterocycles. The summed E-state index contributed by atoms with van der Waals surface area (Å²) in [5.41, 5.74) is 2.59. The van der Waals surface area contributed by atoms with Gasteiger partial charge in [0.05, 0.1) is 19.3 Å². The second-order valence-electron chi connectivity index (χ2n) is 6.94. The maximum absolute atomic E-state index is 12.6. The summed E-state index contributed by atoms with van der Waals surface area (Å²) >= 11 is 1.29. The molecule has 0 bridgehead atoms. The minimum absolute atomic E-state index is 0.109. The summed E-state index contributed by atoms with van der Waals surface area (Å²) in [4.78, 5) is 24.9. The van der Waals surface area contributed by atoms with Crippen LogP contribution in [0.3, 0.4) is 0 Å². The Morgan fingerprint density at radius 2 is 1.75 bits per heavy atom. The SMILES string of the molecule is CCc1ccccc1NC(=O)Cc1nnc(SCC(=O)Nc2ccc(OC)cc2)n1CC. The largest absolute Gasteiger partial charge is 0.497 e. The van der Waals surface area contributed by atoms with Gasteiger partial charge in [-0.2, -0.15) is 0 Å². The molecule has 2 N–H and O–H groups in total. The fraction of sp³-hybridized carbons (Fsp3) is 0.304. The van der Waals surface area contributed by atoms with Gasteiger partial charge in [-0.05, 0) is 49.2 Å². The number of amides is 2. The van der Waals surface area contributed by atoms with E-state index in [9.17, 15) is 9.59 Å². The van der Waals surface area contributed by atoms with E-state index in [2.05, 4.69) is 20.8 Å². The second kappa shape index (κ2) is 11.3. The molecule has 2 aromatic carbocycles. The Morgan fingerprint density at radius 1 is 1.00 bits per heavy atom. The lowest BCUT2D eigenvalue weighted by molar-refractivity contribution is -0.116. The van der Waals surface area contributed by atoms with Crippen LogP contribution in [0.2, 0.25) is 0 Å². The lowest BCUT2D eigenvalue weighted by Crippen LogP contribution is -2.18. The maximum Gasteiger partial charge on any atom is 0.234 e. The van der Waals surface area contributed by atoms with E-state index in [0.717, 1.165) is 23.4 Å². The molecule has 32 heavy (non-hydrogen) atoms. The Bertz CT molecular complexity index is 1070. The number of nitrogens with one attached hydrogen (secondary N) is 2. The number of carbonyl (C=O) groups is 2. The Labute approximate surface area is 191 Å². The third kappa shape index (κ3) is 6.10. The van der Waals surface area contributed by atoms with Crippen LogP contribution in [0.25, 0.3) is 0 Å². The molecule has 0 saturated carbocycles. The van der Waals surface area contributed by atoms with Crippen molar-refractivity contribution in [1.82, 2.24) is 14.8 Å². The number of ether oxygens (including phenoxy) is 1. The number of thioether (sulfide) groups is 1. The number of benzene rings is 2. The minimum atomic E-state index is -0.152. The number of aryl methyl sites for hydroxylation is 1. The van der Waals surface area contributed by atoms with Crippen LogP contribution < -0.4 is 15.4 Å². The van der Waals surface area contributed by atoms with Crippen molar-refractivity contribution in [3.05, 3.63) is 59.9 Å². The molecule has 0 spiro atoms. The van der Waals surface area contributed by atoms with E-state index >= 15 is 0 Å². The van der Waals surface area contributed by atoms with Gasteiger partial charge in [0.15, 0.2) is 5.16 Å². The van der Waals surface area contributed by atoms with E-state index in [-0.39, 0.29) is 24.0 Å². The number of carbonyl (C=O) groups excluding carboxylic acids is 2. The smallest absolute Gasteiger partial charge is 0.234 e. The van der Waals surface area contributed by atoms with Crippen LogP contribution in [0.15, 0.2) is 53.7 Å². The monoisotopic (exact) mass is 453 g/mol. The number of nitrogens with zero attached hydrogens (tertiary/aromatic N) is 3. The van der Waals surface area contributed by atoms with Gasteiger partial charge in [0.1, 0.15) is 11.6 Å². The van der Waals surface area contributed by atoms with E-state index in [1.807, 2.05) is 42.7 Å². The number of hydrogen-bond acceptors (Lipinski definition) is 6. The molecular formula is C23H27N5O3S. The number of para-hydroxylation sites is 1. The van der Waals surface area contributed by atoms with Crippen molar-refractivity contribution >= 4 is 35.0 Å². The number of rotatable bonds is 10. The highest BCUT2D eigenvalue weighted by molar-refractivity contribution is 7.99. The highest BCUT2D eigenvalue weighted by Gasteiger charge is 2.16. The van der Waals surface area contributed by atoms with Gasteiger partial charge in [-0.15, -0.1) is 10.2 Å². The number of anilines is 2. The van der Waals surface area contributed by atoms with E-state index < -0.39 is 0 Å². The van der Waals surface area contributed by atoms with Gasteiger partial charge < -0.3 is 19.9 Å². The normalized spacial score (nSPS) is 10.6. The molecule has 2 amide bonds. The second-order valence-corrected chi connectivity index (χ2v) is 7.89. The van der Waals surface area contributed by atoms with Crippen molar-refractivity contribution in [3.8, 4) is 5.75 Å². The fourth-order valence-corrected chi connectivity index (χ4v) is 3.99. The molecule has 1 aromatic heterocycles. The van der Waals surface area contributed by atoms with Crippen molar-refractivity contribution < 1.29 is 14.3 Å². The molecular weight excluding hydrogens is 426 g/mol. The first-order valence-electron chi connectivity index (χ1n) is 10.4. The van der Waals surface area contributed by atoms with Crippen LogP contribution in [-0.4, -0.2) is 39.4 Å². The summed E-state index contributed by atoms with van der Waals surface area (Å²) in [6.45, 7) is 4.61. The van der Waals surface area contributed by atoms with Crippen molar-refractivity contribution in [2.45, 2.75) is 38.4 Å². The van der Waals surface area contributed by atoms with Crippen LogP contribution in [0.1, 0.15) is 25.2 Å². The predicted molar refractivity (Wildman–Crippen MR) is 126 cm³/mol. The van der Waals surface area contributed by atoms with Gasteiger partial charge in [0, 0.05) is 17.9 Å². The first kappa shape index (κ1) is 23.3. The molecule has 9 heteroatoms. The summed E-state index contributed by atoms with van der Waals surface area (Å²) < 4.78 is 6.97. The van der Waals surface area contributed by atoms with Crippen molar-refractivity contribution in [3.63, 3.8) is 0 Å². The van der Waals surface area contributed by atoms with Gasteiger partial charge >= 0.3 is 0 Å². The van der Waals surface area contributed by atoms with Crippen LogP contribution in [0, 0.1) is 0 Å². The van der Waals surface area contributed by atoms with E-state index in [0.29, 0.717) is 23.2 Å². The van der Waals surface area contributed by atoms with Crippen LogP contribution in [0.5, 0.6) is 5.75 Å². The summed E-state index contributed by atoms with van der Waals surface area (Å²) in [6, 6.07) is 14.9. The van der Waals surface area contributed by atoms with E-state index in [1.165, 1.54) is 11.8 Å². The lowest BCUT2D eigenvalue weighted by Gasteiger charge is -2.10. The van der Waals surface area contributed by atoms with E-state index in [1.54, 1.807) is 31.4 Å². The molecule has 168 valence electrons. The first-order chi connectivity index (χ1) is 15.5.